The number of nitrogens with one attached hydrogen (secondary N) is 2. The highest BCUT2D eigenvalue weighted by Gasteiger charge is 2.22. The molecule has 1 aromatic carbocycles. The van der Waals surface area contributed by atoms with Gasteiger partial charge in [-0.15, -0.1) is 24.0 Å². The minimum absolute atomic E-state index is 0. The zero-order chi connectivity index (χ0) is 16.5. The molecule has 0 bridgehead atoms. The first kappa shape index (κ1) is 21.0. The van der Waals surface area contributed by atoms with Gasteiger partial charge in [-0.05, 0) is 38.3 Å². The maximum absolute atomic E-state index is 5.08. The summed E-state index contributed by atoms with van der Waals surface area (Å²) in [5.74, 6) is 0.892. The van der Waals surface area contributed by atoms with Gasteiger partial charge in [0.15, 0.2) is 5.96 Å². The second kappa shape index (κ2) is 11.5. The van der Waals surface area contributed by atoms with Crippen molar-refractivity contribution < 1.29 is 4.74 Å². The lowest BCUT2D eigenvalue weighted by Crippen LogP contribution is -2.40. The van der Waals surface area contributed by atoms with Crippen molar-refractivity contribution in [1.82, 2.24) is 10.6 Å². The van der Waals surface area contributed by atoms with Crippen molar-refractivity contribution in [2.75, 3.05) is 44.8 Å². The van der Waals surface area contributed by atoms with Crippen molar-refractivity contribution >= 4 is 35.6 Å². The van der Waals surface area contributed by atoms with Crippen LogP contribution in [0.25, 0.3) is 0 Å². The summed E-state index contributed by atoms with van der Waals surface area (Å²) in [7, 11) is 1.73. The van der Waals surface area contributed by atoms with Crippen LogP contribution in [0, 0.1) is 0 Å². The van der Waals surface area contributed by atoms with E-state index in [9.17, 15) is 0 Å². The molecule has 1 aliphatic rings. The van der Waals surface area contributed by atoms with Crippen molar-refractivity contribution in [3.05, 3.63) is 29.8 Å². The third-order valence-electron chi connectivity index (χ3n) is 4.13. The Morgan fingerprint density at radius 1 is 1.33 bits per heavy atom. The molecule has 0 saturated heterocycles. The number of rotatable bonds is 8. The van der Waals surface area contributed by atoms with Crippen LogP contribution >= 0.6 is 24.0 Å². The third kappa shape index (κ3) is 6.12. The molecule has 24 heavy (non-hydrogen) atoms. The van der Waals surface area contributed by atoms with E-state index < -0.39 is 0 Å². The van der Waals surface area contributed by atoms with E-state index in [1.54, 1.807) is 7.11 Å². The quantitative estimate of drug-likeness (QED) is 0.279. The Balaban J connectivity index is 0.00000288. The fourth-order valence-electron chi connectivity index (χ4n) is 2.91. The maximum atomic E-state index is 5.08. The molecule has 0 spiro atoms. The number of methoxy groups -OCH3 is 1. The lowest BCUT2D eigenvalue weighted by atomic mass is 10.2. The van der Waals surface area contributed by atoms with Crippen molar-refractivity contribution in [3.8, 4) is 0 Å². The summed E-state index contributed by atoms with van der Waals surface area (Å²) in [6.07, 6.45) is 2.12. The van der Waals surface area contributed by atoms with E-state index in [1.165, 1.54) is 11.3 Å². The molecule has 2 rings (SSSR count). The molecule has 1 atom stereocenters. The number of guanidine groups is 1. The highest BCUT2D eigenvalue weighted by Crippen LogP contribution is 2.29. The maximum Gasteiger partial charge on any atom is 0.191 e. The number of anilines is 1. The molecule has 0 amide bonds. The molecule has 0 saturated carbocycles. The summed E-state index contributed by atoms with van der Waals surface area (Å²) in [5.41, 5.74) is 2.82. The first-order chi connectivity index (χ1) is 11.3. The van der Waals surface area contributed by atoms with Crippen LogP contribution < -0.4 is 15.5 Å². The summed E-state index contributed by atoms with van der Waals surface area (Å²) < 4.78 is 5.08. The number of hydrogen-bond donors (Lipinski definition) is 2. The van der Waals surface area contributed by atoms with Gasteiger partial charge in [0.25, 0.3) is 0 Å². The van der Waals surface area contributed by atoms with E-state index in [4.69, 9.17) is 9.73 Å². The monoisotopic (exact) mass is 446 g/mol. The van der Waals surface area contributed by atoms with E-state index in [2.05, 4.69) is 53.6 Å². The van der Waals surface area contributed by atoms with E-state index in [1.807, 2.05) is 0 Å². The third-order valence-corrected chi connectivity index (χ3v) is 4.13. The van der Waals surface area contributed by atoms with E-state index in [0.29, 0.717) is 6.04 Å². The van der Waals surface area contributed by atoms with Gasteiger partial charge < -0.3 is 20.3 Å². The molecular formula is C18H31IN4O. The van der Waals surface area contributed by atoms with Crippen LogP contribution in [0.5, 0.6) is 0 Å². The van der Waals surface area contributed by atoms with Gasteiger partial charge in [0, 0.05) is 45.1 Å². The summed E-state index contributed by atoms with van der Waals surface area (Å²) in [5, 5.41) is 6.67. The Morgan fingerprint density at radius 2 is 2.12 bits per heavy atom. The van der Waals surface area contributed by atoms with Gasteiger partial charge in [0.2, 0.25) is 0 Å². The average molecular weight is 446 g/mol. The molecule has 0 fully saturated rings. The number of benzene rings is 1. The highest BCUT2D eigenvalue weighted by atomic mass is 127. The van der Waals surface area contributed by atoms with E-state index in [0.717, 1.165) is 51.6 Å². The van der Waals surface area contributed by atoms with Crippen LogP contribution in [0.4, 0.5) is 5.69 Å². The molecule has 1 aromatic rings. The standard InChI is InChI=1S/C18H30N4O.HI/c1-4-19-18(20-11-7-13-23-3)21-14-15(2)22-12-10-16-8-5-6-9-17(16)22;/h5-6,8-9,15H,4,7,10-14H2,1-3H3,(H2,19,20,21);1H. The van der Waals surface area contributed by atoms with Crippen LogP contribution in [0.15, 0.2) is 29.3 Å². The molecule has 0 radical (unpaired) electrons. The van der Waals surface area contributed by atoms with Crippen molar-refractivity contribution in [1.29, 1.82) is 0 Å². The SMILES string of the molecule is CCNC(=NCC(C)N1CCc2ccccc21)NCCCOC.I. The van der Waals surface area contributed by atoms with Crippen molar-refractivity contribution in [2.24, 2.45) is 4.99 Å². The Morgan fingerprint density at radius 3 is 2.88 bits per heavy atom. The largest absolute Gasteiger partial charge is 0.385 e. The first-order valence-corrected chi connectivity index (χ1v) is 8.62. The minimum Gasteiger partial charge on any atom is -0.385 e. The number of nitrogens with zero attached hydrogens (tertiary/aromatic N) is 2. The van der Waals surface area contributed by atoms with Crippen LogP contribution in [0.1, 0.15) is 25.8 Å². The van der Waals surface area contributed by atoms with Crippen LogP contribution in [0.3, 0.4) is 0 Å². The van der Waals surface area contributed by atoms with E-state index in [-0.39, 0.29) is 24.0 Å². The number of aliphatic imine (C=N–C) groups is 1. The van der Waals surface area contributed by atoms with Crippen LogP contribution in [-0.4, -0.2) is 51.9 Å². The van der Waals surface area contributed by atoms with Crippen molar-refractivity contribution in [2.45, 2.75) is 32.7 Å². The molecule has 1 unspecified atom stereocenters. The molecular weight excluding hydrogens is 415 g/mol. The Bertz CT molecular complexity index is 510. The summed E-state index contributed by atoms with van der Waals surface area (Å²) in [6.45, 7) is 8.74. The van der Waals surface area contributed by atoms with Crippen molar-refractivity contribution in [3.63, 3.8) is 0 Å². The van der Waals surface area contributed by atoms with Gasteiger partial charge in [0.1, 0.15) is 0 Å². The zero-order valence-electron chi connectivity index (χ0n) is 15.0. The second-order valence-corrected chi connectivity index (χ2v) is 5.91. The Labute approximate surface area is 163 Å². The van der Waals surface area contributed by atoms with Gasteiger partial charge in [-0.25, -0.2) is 0 Å². The minimum atomic E-state index is 0. The first-order valence-electron chi connectivity index (χ1n) is 8.62. The summed E-state index contributed by atoms with van der Waals surface area (Å²) in [6, 6.07) is 9.09. The second-order valence-electron chi connectivity index (χ2n) is 5.91. The zero-order valence-corrected chi connectivity index (χ0v) is 17.4. The summed E-state index contributed by atoms with van der Waals surface area (Å²) in [4.78, 5) is 7.21. The number of halogens is 1. The van der Waals surface area contributed by atoms with Gasteiger partial charge >= 0.3 is 0 Å². The van der Waals surface area contributed by atoms with Gasteiger partial charge in [0.05, 0.1) is 6.54 Å². The molecule has 0 aliphatic carbocycles. The number of hydrogen-bond acceptors (Lipinski definition) is 3. The number of para-hydroxylation sites is 1. The lowest BCUT2D eigenvalue weighted by Gasteiger charge is -2.26. The number of fused-ring (bicyclic) bond motifs is 1. The molecule has 1 aliphatic heterocycles. The Kier molecular flexibility index (Phi) is 10.1. The molecule has 1 heterocycles. The van der Waals surface area contributed by atoms with Crippen LogP contribution in [0.2, 0.25) is 0 Å². The smallest absolute Gasteiger partial charge is 0.191 e. The van der Waals surface area contributed by atoms with E-state index >= 15 is 0 Å². The van der Waals surface area contributed by atoms with Gasteiger partial charge in [-0.2, -0.15) is 0 Å². The molecule has 5 nitrogen and oxygen atoms in total. The molecule has 0 aromatic heterocycles. The normalized spacial score (nSPS) is 14.8. The molecule has 136 valence electrons. The Hall–Kier alpha value is -1.02. The molecule has 2 N–H and O–H groups in total. The van der Waals surface area contributed by atoms with Gasteiger partial charge in [-0.1, -0.05) is 18.2 Å². The fraction of sp³-hybridized carbons (Fsp3) is 0.611. The average Bonchev–Trinajstić information content (AvgIpc) is 3.00. The van der Waals surface area contributed by atoms with Crippen LogP contribution in [-0.2, 0) is 11.2 Å². The lowest BCUT2D eigenvalue weighted by molar-refractivity contribution is 0.195. The highest BCUT2D eigenvalue weighted by molar-refractivity contribution is 14.0. The topological polar surface area (TPSA) is 48.9 Å². The fourth-order valence-corrected chi connectivity index (χ4v) is 2.91. The molecule has 6 heteroatoms. The number of ether oxygens (including phenoxy) is 1. The summed E-state index contributed by atoms with van der Waals surface area (Å²) >= 11 is 0. The van der Waals surface area contributed by atoms with Gasteiger partial charge in [-0.3, -0.25) is 4.99 Å². The predicted molar refractivity (Wildman–Crippen MR) is 113 cm³/mol. The predicted octanol–water partition coefficient (Wildman–Crippen LogP) is 2.65.